The highest BCUT2D eigenvalue weighted by Gasteiger charge is 2.44. The van der Waals surface area contributed by atoms with Gasteiger partial charge in [-0.3, -0.25) is 4.79 Å². The Bertz CT molecular complexity index is 539. The molecule has 1 aromatic heterocycles. The fourth-order valence-corrected chi connectivity index (χ4v) is 5.71. The largest absolute Gasteiger partial charge is 0.334 e. The summed E-state index contributed by atoms with van der Waals surface area (Å²) in [4.78, 5) is 20.7. The minimum absolute atomic E-state index is 0.199. The fourth-order valence-electron chi connectivity index (χ4n) is 4.90. The first-order chi connectivity index (χ1) is 9.60. The summed E-state index contributed by atoms with van der Waals surface area (Å²) in [6.45, 7) is 5.00. The van der Waals surface area contributed by atoms with Crippen LogP contribution in [0, 0.1) is 31.6 Å². The highest BCUT2D eigenvalue weighted by Crippen LogP contribution is 2.47. The monoisotopic (exact) mass is 290 g/mol. The summed E-state index contributed by atoms with van der Waals surface area (Å²) >= 11 is 1.64. The third-order valence-corrected chi connectivity index (χ3v) is 6.36. The van der Waals surface area contributed by atoms with Gasteiger partial charge in [0.15, 0.2) is 0 Å². The minimum atomic E-state index is 0.199. The van der Waals surface area contributed by atoms with E-state index in [0.29, 0.717) is 11.7 Å². The van der Waals surface area contributed by atoms with Gasteiger partial charge in [0.25, 0.3) is 5.91 Å². The van der Waals surface area contributed by atoms with Crippen molar-refractivity contribution in [3.63, 3.8) is 0 Å². The SMILES string of the molecule is Cc1nc(C(=O)N2CC3C[C@H]4CC2C[C@H](C3)C4)c(C)s1. The molecule has 1 aromatic rings. The number of rotatable bonds is 1. The Balaban J connectivity index is 1.65. The first-order valence-electron chi connectivity index (χ1n) is 7.85. The van der Waals surface area contributed by atoms with Crippen LogP contribution < -0.4 is 0 Å². The standard InChI is InChI=1S/C16H22N2OS/c1-9-15(17-10(2)20-9)16(19)18-8-13-4-11-3-12(5-13)7-14(18)6-11/h11-14H,3-8H2,1-2H3/t11-,12-,13?,14?/m0/s1. The van der Waals surface area contributed by atoms with Crippen LogP contribution in [-0.4, -0.2) is 28.4 Å². The first kappa shape index (κ1) is 12.8. The van der Waals surface area contributed by atoms with Crippen molar-refractivity contribution >= 4 is 17.2 Å². The second-order valence-electron chi connectivity index (χ2n) is 7.03. The predicted molar refractivity (Wildman–Crippen MR) is 80.0 cm³/mol. The molecule has 0 unspecified atom stereocenters. The predicted octanol–water partition coefficient (Wildman–Crippen LogP) is 3.41. The van der Waals surface area contributed by atoms with Crippen LogP contribution in [0.25, 0.3) is 0 Å². The van der Waals surface area contributed by atoms with E-state index in [1.165, 1.54) is 32.1 Å². The molecular formula is C16H22N2OS. The number of aryl methyl sites for hydroxylation is 2. The first-order valence-corrected chi connectivity index (χ1v) is 8.66. The molecule has 2 saturated heterocycles. The van der Waals surface area contributed by atoms with Crippen molar-refractivity contribution in [3.8, 4) is 0 Å². The zero-order valence-corrected chi connectivity index (χ0v) is 13.1. The van der Waals surface area contributed by atoms with E-state index in [1.54, 1.807) is 11.3 Å². The third-order valence-electron chi connectivity index (χ3n) is 5.47. The fraction of sp³-hybridized carbons (Fsp3) is 0.750. The molecule has 0 aromatic carbocycles. The molecule has 20 heavy (non-hydrogen) atoms. The van der Waals surface area contributed by atoms with Crippen LogP contribution in [0.3, 0.4) is 0 Å². The number of carbonyl (C=O) groups excluding carboxylic acids is 1. The number of aromatic nitrogens is 1. The van der Waals surface area contributed by atoms with Crippen molar-refractivity contribution in [3.05, 3.63) is 15.6 Å². The normalized spacial score (nSPS) is 35.4. The van der Waals surface area contributed by atoms with E-state index >= 15 is 0 Å². The second-order valence-corrected chi connectivity index (χ2v) is 8.43. The molecule has 108 valence electrons. The molecule has 2 aliphatic heterocycles. The van der Waals surface area contributed by atoms with E-state index in [-0.39, 0.29) is 5.91 Å². The highest BCUT2D eigenvalue weighted by atomic mass is 32.1. The quantitative estimate of drug-likeness (QED) is 0.794. The summed E-state index contributed by atoms with van der Waals surface area (Å²) in [5.41, 5.74) is 0.716. The molecule has 3 nitrogen and oxygen atoms in total. The van der Waals surface area contributed by atoms with Crippen LogP contribution in [0.15, 0.2) is 0 Å². The summed E-state index contributed by atoms with van der Waals surface area (Å²) in [5.74, 6) is 2.71. The number of hydrogen-bond donors (Lipinski definition) is 0. The molecule has 2 saturated carbocycles. The Morgan fingerprint density at radius 1 is 1.10 bits per heavy atom. The topological polar surface area (TPSA) is 33.2 Å². The summed E-state index contributed by atoms with van der Waals surface area (Å²) in [7, 11) is 0. The lowest BCUT2D eigenvalue weighted by Crippen LogP contribution is -2.42. The van der Waals surface area contributed by atoms with Crippen molar-refractivity contribution < 1.29 is 4.79 Å². The summed E-state index contributed by atoms with van der Waals surface area (Å²) in [6.07, 6.45) is 6.60. The van der Waals surface area contributed by atoms with Crippen LogP contribution >= 0.6 is 11.3 Å². The Hall–Kier alpha value is -0.900. The van der Waals surface area contributed by atoms with Gasteiger partial charge in [0.05, 0.1) is 5.01 Å². The van der Waals surface area contributed by atoms with Gasteiger partial charge >= 0.3 is 0 Å². The van der Waals surface area contributed by atoms with Crippen LogP contribution in [-0.2, 0) is 0 Å². The molecule has 1 amide bonds. The zero-order chi connectivity index (χ0) is 13.9. The van der Waals surface area contributed by atoms with Crippen molar-refractivity contribution in [1.29, 1.82) is 0 Å². The average Bonchev–Trinajstić information content (AvgIpc) is 2.60. The Morgan fingerprint density at radius 2 is 1.75 bits per heavy atom. The van der Waals surface area contributed by atoms with Gasteiger partial charge in [-0.05, 0) is 63.7 Å². The van der Waals surface area contributed by atoms with E-state index in [1.807, 2.05) is 13.8 Å². The van der Waals surface area contributed by atoms with E-state index < -0.39 is 0 Å². The number of carbonyl (C=O) groups is 1. The molecule has 4 bridgehead atoms. The lowest BCUT2D eigenvalue weighted by atomic mass is 9.68. The molecule has 3 heterocycles. The molecule has 4 fully saturated rings. The van der Waals surface area contributed by atoms with Crippen LogP contribution in [0.2, 0.25) is 0 Å². The average molecular weight is 290 g/mol. The van der Waals surface area contributed by atoms with Crippen molar-refractivity contribution in [2.45, 2.75) is 52.0 Å². The van der Waals surface area contributed by atoms with E-state index in [2.05, 4.69) is 9.88 Å². The molecule has 0 N–H and O–H groups in total. The number of hydrogen-bond acceptors (Lipinski definition) is 3. The van der Waals surface area contributed by atoms with Gasteiger partial charge < -0.3 is 4.90 Å². The molecular weight excluding hydrogens is 268 g/mol. The third kappa shape index (κ3) is 2.00. The van der Waals surface area contributed by atoms with Gasteiger partial charge in [0.2, 0.25) is 0 Å². The van der Waals surface area contributed by atoms with Crippen molar-refractivity contribution in [2.24, 2.45) is 17.8 Å². The summed E-state index contributed by atoms with van der Waals surface area (Å²) < 4.78 is 0. The van der Waals surface area contributed by atoms with Gasteiger partial charge in [-0.25, -0.2) is 4.98 Å². The lowest BCUT2D eigenvalue weighted by Gasteiger charge is -2.38. The maximum absolute atomic E-state index is 12.9. The van der Waals surface area contributed by atoms with Gasteiger partial charge in [-0.2, -0.15) is 0 Å². The molecule has 0 radical (unpaired) electrons. The summed E-state index contributed by atoms with van der Waals surface area (Å²) in [5, 5.41) is 1.01. The number of thiazole rings is 1. The Labute approximate surface area is 124 Å². The summed E-state index contributed by atoms with van der Waals surface area (Å²) in [6, 6.07) is 0.486. The highest BCUT2D eigenvalue weighted by molar-refractivity contribution is 7.11. The Kier molecular flexibility index (Phi) is 2.92. The molecule has 2 atom stereocenters. The van der Waals surface area contributed by atoms with Gasteiger partial charge in [-0.15, -0.1) is 11.3 Å². The van der Waals surface area contributed by atoms with Gasteiger partial charge in [-0.1, -0.05) is 0 Å². The molecule has 5 rings (SSSR count). The maximum atomic E-state index is 12.9. The molecule has 2 aliphatic carbocycles. The van der Waals surface area contributed by atoms with E-state index in [4.69, 9.17) is 0 Å². The van der Waals surface area contributed by atoms with Crippen LogP contribution in [0.4, 0.5) is 0 Å². The smallest absolute Gasteiger partial charge is 0.273 e. The van der Waals surface area contributed by atoms with Crippen molar-refractivity contribution in [2.75, 3.05) is 6.54 Å². The number of amides is 1. The maximum Gasteiger partial charge on any atom is 0.273 e. The van der Waals surface area contributed by atoms with Crippen molar-refractivity contribution in [1.82, 2.24) is 9.88 Å². The minimum Gasteiger partial charge on any atom is -0.334 e. The second kappa shape index (κ2) is 4.55. The van der Waals surface area contributed by atoms with Gasteiger partial charge in [0, 0.05) is 17.5 Å². The molecule has 4 heteroatoms. The number of fused-ring (bicyclic) bond motifs is 1. The van der Waals surface area contributed by atoms with E-state index in [0.717, 1.165) is 34.2 Å². The van der Waals surface area contributed by atoms with Crippen LogP contribution in [0.5, 0.6) is 0 Å². The van der Waals surface area contributed by atoms with Gasteiger partial charge in [0.1, 0.15) is 5.69 Å². The lowest BCUT2D eigenvalue weighted by molar-refractivity contribution is 0.0626. The molecule has 0 spiro atoms. The van der Waals surface area contributed by atoms with E-state index in [9.17, 15) is 4.79 Å². The number of nitrogens with zero attached hydrogens (tertiary/aromatic N) is 2. The zero-order valence-electron chi connectivity index (χ0n) is 12.3. The molecule has 4 aliphatic rings. The Morgan fingerprint density at radius 3 is 2.35 bits per heavy atom. The van der Waals surface area contributed by atoms with Crippen LogP contribution in [0.1, 0.15) is 52.5 Å².